The van der Waals surface area contributed by atoms with Crippen LogP contribution in [0.3, 0.4) is 0 Å². The van der Waals surface area contributed by atoms with Crippen LogP contribution in [0.25, 0.3) is 0 Å². The third-order valence-electron chi connectivity index (χ3n) is 3.93. The van der Waals surface area contributed by atoms with E-state index in [-0.39, 0.29) is 0 Å². The number of hydrogen-bond acceptors (Lipinski definition) is 1. The first-order valence-electron chi connectivity index (χ1n) is 6.68. The topological polar surface area (TPSA) is 29.1 Å². The quantitative estimate of drug-likeness (QED) is 0.610. The number of hydrogen-bond donors (Lipinski definition) is 1. The molecule has 1 amide bonds. The van der Waals surface area contributed by atoms with Crippen LogP contribution in [0.4, 0.5) is 0 Å². The Morgan fingerprint density at radius 3 is 1.93 bits per heavy atom. The highest BCUT2D eigenvalue weighted by molar-refractivity contribution is 5.85. The second kappa shape index (κ2) is 5.53. The van der Waals surface area contributed by atoms with Crippen molar-refractivity contribution in [2.24, 2.45) is 5.92 Å². The van der Waals surface area contributed by atoms with E-state index < -0.39 is 0 Å². The molecule has 2 heteroatoms. The molecule has 1 heterocycles. The third-order valence-corrected chi connectivity index (χ3v) is 3.93. The lowest BCUT2D eigenvalue weighted by Gasteiger charge is -2.37. The second-order valence-corrected chi connectivity index (χ2v) is 5.13. The summed E-state index contributed by atoms with van der Waals surface area (Å²) in [6.07, 6.45) is 13.2. The summed E-state index contributed by atoms with van der Waals surface area (Å²) in [5.74, 6) is 0.682. The molecule has 1 N–H and O–H groups in total. The summed E-state index contributed by atoms with van der Waals surface area (Å²) in [4.78, 5) is 11.4. The van der Waals surface area contributed by atoms with Crippen molar-refractivity contribution in [3.63, 3.8) is 0 Å². The van der Waals surface area contributed by atoms with E-state index in [2.05, 4.69) is 5.32 Å². The van der Waals surface area contributed by atoms with Crippen LogP contribution in [-0.2, 0) is 4.79 Å². The Morgan fingerprint density at radius 1 is 0.800 bits per heavy atom. The van der Waals surface area contributed by atoms with Crippen molar-refractivity contribution in [3.05, 3.63) is 0 Å². The van der Waals surface area contributed by atoms with Gasteiger partial charge in [-0.05, 0) is 12.8 Å². The van der Waals surface area contributed by atoms with Crippen molar-refractivity contribution in [2.45, 2.75) is 70.3 Å². The maximum atomic E-state index is 11.4. The van der Waals surface area contributed by atoms with Gasteiger partial charge in [-0.25, -0.2) is 0 Å². The standard InChI is InChI=1S/C13H23NO/c15-13-11-9-7-5-3-1-2-4-6-8-10-12(11)14-13/h11-12H,1-10H2,(H,14,15)/t11-,12-/m0/s1. The molecule has 1 aliphatic heterocycles. The van der Waals surface area contributed by atoms with Gasteiger partial charge in [0.2, 0.25) is 5.91 Å². The van der Waals surface area contributed by atoms with E-state index >= 15 is 0 Å². The molecule has 0 spiro atoms. The Labute approximate surface area is 92.8 Å². The Bertz CT molecular complexity index is 215. The Kier molecular flexibility index (Phi) is 4.04. The van der Waals surface area contributed by atoms with E-state index in [4.69, 9.17) is 0 Å². The zero-order chi connectivity index (χ0) is 10.5. The molecule has 2 fully saturated rings. The van der Waals surface area contributed by atoms with Crippen LogP contribution in [0.2, 0.25) is 0 Å². The predicted molar refractivity (Wildman–Crippen MR) is 61.6 cm³/mol. The Morgan fingerprint density at radius 2 is 1.33 bits per heavy atom. The monoisotopic (exact) mass is 209 g/mol. The molecule has 0 unspecified atom stereocenters. The Hall–Kier alpha value is -0.530. The highest BCUT2D eigenvalue weighted by Crippen LogP contribution is 2.27. The molecular formula is C13H23NO. The van der Waals surface area contributed by atoms with Crippen molar-refractivity contribution in [3.8, 4) is 0 Å². The summed E-state index contributed by atoms with van der Waals surface area (Å²) >= 11 is 0. The second-order valence-electron chi connectivity index (χ2n) is 5.13. The largest absolute Gasteiger partial charge is 0.352 e. The fourth-order valence-electron chi connectivity index (χ4n) is 2.87. The summed E-state index contributed by atoms with van der Waals surface area (Å²) in [6.45, 7) is 0. The van der Waals surface area contributed by atoms with E-state index in [0.717, 1.165) is 6.42 Å². The normalized spacial score (nSPS) is 34.0. The fraction of sp³-hybridized carbons (Fsp3) is 0.923. The summed E-state index contributed by atoms with van der Waals surface area (Å²) in [5, 5.41) is 3.06. The maximum Gasteiger partial charge on any atom is 0.225 e. The molecule has 0 radical (unpaired) electrons. The van der Waals surface area contributed by atoms with Crippen molar-refractivity contribution >= 4 is 5.91 Å². The molecule has 0 aromatic heterocycles. The van der Waals surface area contributed by atoms with Gasteiger partial charge >= 0.3 is 0 Å². The lowest BCUT2D eigenvalue weighted by Crippen LogP contribution is -2.57. The van der Waals surface area contributed by atoms with E-state index in [9.17, 15) is 4.79 Å². The maximum absolute atomic E-state index is 11.4. The van der Waals surface area contributed by atoms with Crippen molar-refractivity contribution in [2.75, 3.05) is 0 Å². The highest BCUT2D eigenvalue weighted by Gasteiger charge is 2.37. The average molecular weight is 209 g/mol. The first kappa shape index (κ1) is 11.0. The van der Waals surface area contributed by atoms with Gasteiger partial charge < -0.3 is 5.32 Å². The molecule has 2 atom stereocenters. The van der Waals surface area contributed by atoms with Gasteiger partial charge in [-0.3, -0.25) is 4.79 Å². The Balaban J connectivity index is 1.78. The summed E-state index contributed by atoms with van der Waals surface area (Å²) in [5.41, 5.74) is 0. The number of fused-ring (bicyclic) bond motifs is 1. The van der Waals surface area contributed by atoms with Gasteiger partial charge in [-0.2, -0.15) is 0 Å². The highest BCUT2D eigenvalue weighted by atomic mass is 16.2. The van der Waals surface area contributed by atoms with Gasteiger partial charge in [0.1, 0.15) is 0 Å². The number of amides is 1. The number of β-lactam (4-membered cyclic amide) rings is 1. The van der Waals surface area contributed by atoms with Gasteiger partial charge in [0.15, 0.2) is 0 Å². The first-order valence-corrected chi connectivity index (χ1v) is 6.68. The smallest absolute Gasteiger partial charge is 0.225 e. The van der Waals surface area contributed by atoms with Gasteiger partial charge in [0.25, 0.3) is 0 Å². The zero-order valence-electron chi connectivity index (χ0n) is 9.63. The van der Waals surface area contributed by atoms with Crippen molar-refractivity contribution < 1.29 is 4.79 Å². The van der Waals surface area contributed by atoms with Gasteiger partial charge in [0.05, 0.1) is 5.92 Å². The molecule has 2 aliphatic rings. The van der Waals surface area contributed by atoms with Crippen LogP contribution in [0.15, 0.2) is 0 Å². The van der Waals surface area contributed by atoms with E-state index in [1.54, 1.807) is 0 Å². The van der Waals surface area contributed by atoms with Crippen LogP contribution in [0.1, 0.15) is 64.2 Å². The molecule has 0 aromatic rings. The molecule has 1 aliphatic carbocycles. The summed E-state index contributed by atoms with van der Waals surface area (Å²) < 4.78 is 0. The lowest BCUT2D eigenvalue weighted by molar-refractivity contribution is -0.135. The molecule has 0 aromatic carbocycles. The van der Waals surface area contributed by atoms with Crippen LogP contribution in [0.5, 0.6) is 0 Å². The fourth-order valence-corrected chi connectivity index (χ4v) is 2.87. The molecule has 15 heavy (non-hydrogen) atoms. The summed E-state index contributed by atoms with van der Waals surface area (Å²) in [7, 11) is 0. The minimum atomic E-state index is 0.317. The van der Waals surface area contributed by atoms with Gasteiger partial charge in [-0.1, -0.05) is 51.4 Å². The lowest BCUT2D eigenvalue weighted by atomic mass is 9.82. The van der Waals surface area contributed by atoms with Gasteiger partial charge in [0, 0.05) is 6.04 Å². The molecular weight excluding hydrogens is 186 g/mol. The molecule has 1 saturated heterocycles. The third kappa shape index (κ3) is 2.96. The predicted octanol–water partition coefficient (Wildman–Crippen LogP) is 3.02. The van der Waals surface area contributed by atoms with E-state index in [1.807, 2.05) is 0 Å². The molecule has 1 saturated carbocycles. The molecule has 2 rings (SSSR count). The molecule has 0 bridgehead atoms. The van der Waals surface area contributed by atoms with E-state index in [0.29, 0.717) is 17.9 Å². The van der Waals surface area contributed by atoms with Crippen LogP contribution in [0, 0.1) is 5.92 Å². The van der Waals surface area contributed by atoms with E-state index in [1.165, 1.54) is 57.8 Å². The zero-order valence-corrected chi connectivity index (χ0v) is 9.63. The van der Waals surface area contributed by atoms with Gasteiger partial charge in [-0.15, -0.1) is 0 Å². The van der Waals surface area contributed by atoms with Crippen LogP contribution in [-0.4, -0.2) is 11.9 Å². The molecule has 86 valence electrons. The van der Waals surface area contributed by atoms with Crippen molar-refractivity contribution in [1.82, 2.24) is 5.32 Å². The minimum Gasteiger partial charge on any atom is -0.352 e. The van der Waals surface area contributed by atoms with Crippen LogP contribution >= 0.6 is 0 Å². The van der Waals surface area contributed by atoms with Crippen LogP contribution < -0.4 is 5.32 Å². The first-order chi connectivity index (χ1) is 7.38. The summed E-state index contributed by atoms with van der Waals surface area (Å²) in [6, 6.07) is 0.525. The SMILES string of the molecule is O=C1N[C@H]2CCCCCCCCCC[C@H]12. The number of rotatable bonds is 0. The molecule has 2 nitrogen and oxygen atoms in total. The minimum absolute atomic E-state index is 0.317. The average Bonchev–Trinajstić information content (AvgIpc) is 2.22. The number of carbonyl (C=O) groups excluding carboxylic acids is 1. The number of nitrogens with one attached hydrogen (secondary N) is 1. The van der Waals surface area contributed by atoms with Crippen molar-refractivity contribution in [1.29, 1.82) is 0 Å². The number of carbonyl (C=O) groups is 1.